The van der Waals surface area contributed by atoms with Gasteiger partial charge in [-0.2, -0.15) is 0 Å². The van der Waals surface area contributed by atoms with E-state index >= 15 is 0 Å². The molecule has 0 fully saturated rings. The van der Waals surface area contributed by atoms with Crippen molar-refractivity contribution in [2.24, 2.45) is 4.99 Å². The second-order valence-corrected chi connectivity index (χ2v) is 6.37. The molecule has 3 rings (SSSR count). The molecule has 0 aliphatic heterocycles. The molecule has 0 saturated heterocycles. The van der Waals surface area contributed by atoms with E-state index in [0.717, 1.165) is 48.7 Å². The number of benzene rings is 2. The molecule has 0 atom stereocenters. The second kappa shape index (κ2) is 12.2. The van der Waals surface area contributed by atoms with Gasteiger partial charge in [0.2, 0.25) is 5.89 Å². The van der Waals surface area contributed by atoms with Gasteiger partial charge in [0.25, 0.3) is 0 Å². The molecule has 0 aliphatic rings. The highest BCUT2D eigenvalue weighted by molar-refractivity contribution is 14.0. The maximum Gasteiger partial charge on any atom is 0.226 e. The molecule has 0 amide bonds. The van der Waals surface area contributed by atoms with Crippen LogP contribution in [0.4, 0.5) is 4.39 Å². The van der Waals surface area contributed by atoms with Gasteiger partial charge in [0.15, 0.2) is 5.96 Å². The molecule has 2 N–H and O–H groups in total. The highest BCUT2D eigenvalue weighted by Gasteiger charge is 2.06. The van der Waals surface area contributed by atoms with Crippen LogP contribution in [0.2, 0.25) is 0 Å². The molecule has 154 valence electrons. The Morgan fingerprint density at radius 2 is 1.93 bits per heavy atom. The first-order chi connectivity index (χ1) is 13.7. The van der Waals surface area contributed by atoms with Gasteiger partial charge in [0, 0.05) is 18.7 Å². The van der Waals surface area contributed by atoms with Gasteiger partial charge in [-0.1, -0.05) is 30.3 Å². The Balaban J connectivity index is 0.00000300. The Labute approximate surface area is 187 Å². The van der Waals surface area contributed by atoms with Crippen molar-refractivity contribution in [1.82, 2.24) is 15.6 Å². The average molecular weight is 508 g/mol. The van der Waals surface area contributed by atoms with Crippen molar-refractivity contribution in [3.63, 3.8) is 0 Å². The van der Waals surface area contributed by atoms with Gasteiger partial charge < -0.3 is 15.1 Å². The first-order valence-corrected chi connectivity index (χ1v) is 9.51. The molecule has 1 aromatic heterocycles. The molecule has 2 aromatic carbocycles. The summed E-state index contributed by atoms with van der Waals surface area (Å²) in [4.78, 5) is 9.05. The third-order valence-corrected chi connectivity index (χ3v) is 4.14. The van der Waals surface area contributed by atoms with E-state index in [9.17, 15) is 4.39 Å². The lowest BCUT2D eigenvalue weighted by Gasteiger charge is -2.11. The number of guanidine groups is 1. The first-order valence-electron chi connectivity index (χ1n) is 9.51. The number of hydrogen-bond donors (Lipinski definition) is 2. The number of nitrogens with zero attached hydrogens (tertiary/aromatic N) is 2. The highest BCUT2D eigenvalue weighted by atomic mass is 127. The summed E-state index contributed by atoms with van der Waals surface area (Å²) < 4.78 is 18.8. The van der Waals surface area contributed by atoms with E-state index in [0.29, 0.717) is 12.4 Å². The second-order valence-electron chi connectivity index (χ2n) is 6.37. The van der Waals surface area contributed by atoms with E-state index in [4.69, 9.17) is 4.42 Å². The van der Waals surface area contributed by atoms with Crippen LogP contribution in [0.15, 0.2) is 70.3 Å². The van der Waals surface area contributed by atoms with Crippen molar-refractivity contribution in [2.45, 2.75) is 26.3 Å². The average Bonchev–Trinajstić information content (AvgIpc) is 3.19. The predicted molar refractivity (Wildman–Crippen MR) is 125 cm³/mol. The predicted octanol–water partition coefficient (Wildman–Crippen LogP) is 4.79. The van der Waals surface area contributed by atoms with Gasteiger partial charge in [-0.25, -0.2) is 14.4 Å². The largest absolute Gasteiger partial charge is 0.444 e. The molecule has 0 radical (unpaired) electrons. The minimum atomic E-state index is -0.192. The van der Waals surface area contributed by atoms with Gasteiger partial charge in [-0.15, -0.1) is 24.0 Å². The van der Waals surface area contributed by atoms with Crippen molar-refractivity contribution < 1.29 is 8.81 Å². The van der Waals surface area contributed by atoms with E-state index < -0.39 is 0 Å². The molecule has 0 unspecified atom stereocenters. The van der Waals surface area contributed by atoms with Gasteiger partial charge in [0.05, 0.1) is 6.54 Å². The molecule has 5 nitrogen and oxygen atoms in total. The molecule has 3 aromatic rings. The SMILES string of the molecule is CCNC(=NCc1coc(-c2ccccc2)n1)NCCCc1cccc(F)c1.I. The van der Waals surface area contributed by atoms with Crippen LogP contribution in [0.25, 0.3) is 11.5 Å². The third kappa shape index (κ3) is 7.49. The van der Waals surface area contributed by atoms with Crippen LogP contribution < -0.4 is 10.6 Å². The Kier molecular flexibility index (Phi) is 9.63. The fourth-order valence-corrected chi connectivity index (χ4v) is 2.79. The topological polar surface area (TPSA) is 62.5 Å². The van der Waals surface area contributed by atoms with E-state index in [1.54, 1.807) is 18.4 Å². The normalized spacial score (nSPS) is 11.0. The Morgan fingerprint density at radius 3 is 2.69 bits per heavy atom. The van der Waals surface area contributed by atoms with E-state index in [1.807, 2.05) is 43.3 Å². The van der Waals surface area contributed by atoms with E-state index in [1.165, 1.54) is 6.07 Å². The minimum Gasteiger partial charge on any atom is -0.444 e. The summed E-state index contributed by atoms with van der Waals surface area (Å²) >= 11 is 0. The number of aliphatic imine (C=N–C) groups is 1. The van der Waals surface area contributed by atoms with Crippen LogP contribution in [0.1, 0.15) is 24.6 Å². The molecule has 0 spiro atoms. The number of hydrogen-bond acceptors (Lipinski definition) is 3. The fourth-order valence-electron chi connectivity index (χ4n) is 2.79. The molecule has 0 bridgehead atoms. The monoisotopic (exact) mass is 508 g/mol. The summed E-state index contributed by atoms with van der Waals surface area (Å²) in [5.41, 5.74) is 2.72. The summed E-state index contributed by atoms with van der Waals surface area (Å²) in [5, 5.41) is 6.52. The molecular formula is C22H26FIN4O. The molecule has 7 heteroatoms. The van der Waals surface area contributed by atoms with Crippen molar-refractivity contribution in [3.05, 3.63) is 77.9 Å². The lowest BCUT2D eigenvalue weighted by Crippen LogP contribution is -2.37. The smallest absolute Gasteiger partial charge is 0.226 e. The van der Waals surface area contributed by atoms with E-state index in [2.05, 4.69) is 20.6 Å². The van der Waals surface area contributed by atoms with Crippen LogP contribution in [-0.2, 0) is 13.0 Å². The number of rotatable bonds is 8. The van der Waals surface area contributed by atoms with Gasteiger partial charge in [0.1, 0.15) is 17.8 Å². The van der Waals surface area contributed by atoms with Crippen LogP contribution in [0, 0.1) is 5.82 Å². The number of nitrogens with one attached hydrogen (secondary N) is 2. The molecule has 0 aliphatic carbocycles. The summed E-state index contributed by atoms with van der Waals surface area (Å²) in [6.45, 7) is 3.96. The van der Waals surface area contributed by atoms with Crippen molar-refractivity contribution in [2.75, 3.05) is 13.1 Å². The van der Waals surface area contributed by atoms with Crippen LogP contribution in [-0.4, -0.2) is 24.0 Å². The summed E-state index contributed by atoms with van der Waals surface area (Å²) in [7, 11) is 0. The zero-order valence-corrected chi connectivity index (χ0v) is 18.7. The van der Waals surface area contributed by atoms with E-state index in [-0.39, 0.29) is 29.8 Å². The number of aryl methyl sites for hydroxylation is 1. The minimum absolute atomic E-state index is 0. The first kappa shape index (κ1) is 22.9. The lowest BCUT2D eigenvalue weighted by atomic mass is 10.1. The quantitative estimate of drug-likeness (QED) is 0.199. The number of aromatic nitrogens is 1. The summed E-state index contributed by atoms with van der Waals surface area (Å²) in [6, 6.07) is 16.5. The zero-order valence-electron chi connectivity index (χ0n) is 16.4. The zero-order chi connectivity index (χ0) is 19.6. The lowest BCUT2D eigenvalue weighted by molar-refractivity contribution is 0.572. The van der Waals surface area contributed by atoms with Crippen molar-refractivity contribution >= 4 is 29.9 Å². The van der Waals surface area contributed by atoms with Crippen LogP contribution >= 0.6 is 24.0 Å². The third-order valence-electron chi connectivity index (χ3n) is 4.14. The van der Waals surface area contributed by atoms with Gasteiger partial charge >= 0.3 is 0 Å². The maximum absolute atomic E-state index is 13.2. The molecule has 29 heavy (non-hydrogen) atoms. The van der Waals surface area contributed by atoms with Crippen molar-refractivity contribution in [1.29, 1.82) is 0 Å². The molecule has 0 saturated carbocycles. The number of oxazole rings is 1. The van der Waals surface area contributed by atoms with Crippen LogP contribution in [0.5, 0.6) is 0 Å². The summed E-state index contributed by atoms with van der Waals surface area (Å²) in [5.74, 6) is 1.13. The van der Waals surface area contributed by atoms with Gasteiger partial charge in [-0.05, 0) is 49.6 Å². The standard InChI is InChI=1S/C22H25FN4O.HI/c1-2-24-22(25-13-7-9-17-8-6-12-19(23)14-17)26-15-20-16-28-21(27-20)18-10-4-3-5-11-18;/h3-6,8,10-12,14,16H,2,7,9,13,15H2,1H3,(H2,24,25,26);1H. The summed E-state index contributed by atoms with van der Waals surface area (Å²) in [6.07, 6.45) is 3.34. The van der Waals surface area contributed by atoms with Gasteiger partial charge in [-0.3, -0.25) is 0 Å². The number of halogens is 2. The Hall–Kier alpha value is -2.42. The molecule has 1 heterocycles. The Bertz CT molecular complexity index is 899. The Morgan fingerprint density at radius 1 is 1.10 bits per heavy atom. The van der Waals surface area contributed by atoms with Crippen LogP contribution in [0.3, 0.4) is 0 Å². The fraction of sp³-hybridized carbons (Fsp3) is 0.273. The van der Waals surface area contributed by atoms with Crippen molar-refractivity contribution in [3.8, 4) is 11.5 Å². The highest BCUT2D eigenvalue weighted by Crippen LogP contribution is 2.18. The molecular weight excluding hydrogens is 482 g/mol. The maximum atomic E-state index is 13.2.